The van der Waals surface area contributed by atoms with Gasteiger partial charge in [-0.05, 0) is 93.6 Å². The molecule has 10 heteroatoms. The highest BCUT2D eigenvalue weighted by Crippen LogP contribution is 2.53. The molecule has 0 aromatic heterocycles. The van der Waals surface area contributed by atoms with Gasteiger partial charge in [0.2, 0.25) is 0 Å². The van der Waals surface area contributed by atoms with E-state index in [0.717, 1.165) is 10.4 Å². The number of hydrogen-bond acceptors (Lipinski definition) is 7. The SMILES string of the molecule is C=CC[C@H]1[C@@H]2C[C@H](CO[Si](c3ccccc3)(c3ccccc3)C(C)(C)C)N(C(=O)OC(C)(C)C)[C@@H]2c2cc(C(=O)OC)ccc2N1C(=O)OC(C)(C)C. The average molecular weight is 741 g/mol. The Balaban J connectivity index is 1.70. The van der Waals surface area contributed by atoms with Gasteiger partial charge in [-0.25, -0.2) is 14.4 Å². The molecule has 0 unspecified atom stereocenters. The monoisotopic (exact) mass is 740 g/mol. The number of fused-ring (bicyclic) bond motifs is 3. The van der Waals surface area contributed by atoms with Crippen LogP contribution in [0.3, 0.4) is 0 Å². The maximum absolute atomic E-state index is 14.6. The summed E-state index contributed by atoms with van der Waals surface area (Å²) in [5.74, 6) is -0.795. The molecule has 3 aromatic rings. The molecular weight excluding hydrogens is 685 g/mol. The van der Waals surface area contributed by atoms with Gasteiger partial charge in [0.15, 0.2) is 0 Å². The molecule has 0 spiro atoms. The zero-order chi connectivity index (χ0) is 38.9. The maximum atomic E-state index is 14.6. The van der Waals surface area contributed by atoms with E-state index in [1.165, 1.54) is 7.11 Å². The van der Waals surface area contributed by atoms with Crippen LogP contribution < -0.4 is 15.3 Å². The summed E-state index contributed by atoms with van der Waals surface area (Å²) in [6.07, 6.45) is 1.76. The Bertz CT molecular complexity index is 1750. The average Bonchev–Trinajstić information content (AvgIpc) is 3.47. The van der Waals surface area contributed by atoms with Crippen LogP contribution in [-0.4, -0.2) is 68.4 Å². The van der Waals surface area contributed by atoms with Gasteiger partial charge in [-0.15, -0.1) is 6.58 Å². The third-order valence-corrected chi connectivity index (χ3v) is 15.0. The van der Waals surface area contributed by atoms with Crippen molar-refractivity contribution in [1.82, 2.24) is 4.90 Å². The highest BCUT2D eigenvalue weighted by molar-refractivity contribution is 6.99. The minimum atomic E-state index is -3.01. The Morgan fingerprint density at radius 2 is 1.36 bits per heavy atom. The van der Waals surface area contributed by atoms with Crippen molar-refractivity contribution in [2.75, 3.05) is 18.6 Å². The molecule has 2 aliphatic rings. The van der Waals surface area contributed by atoms with E-state index in [2.05, 4.69) is 51.6 Å². The number of amides is 2. The van der Waals surface area contributed by atoms with Gasteiger partial charge in [0.1, 0.15) is 11.2 Å². The van der Waals surface area contributed by atoms with Gasteiger partial charge < -0.3 is 18.6 Å². The first-order chi connectivity index (χ1) is 24.8. The third kappa shape index (κ3) is 8.09. The Morgan fingerprint density at radius 3 is 1.85 bits per heavy atom. The van der Waals surface area contributed by atoms with E-state index in [-0.39, 0.29) is 17.6 Å². The van der Waals surface area contributed by atoms with Gasteiger partial charge in [0, 0.05) is 12.0 Å². The standard InChI is InChI=1S/C43H56N2O7Si/c1-12-19-35-34-27-30(28-50-53(43(8,9)10,31-20-15-13-16-21-31)32-22-17-14-18-23-32)44(39(47)51-41(2,3)4)37(34)33-26-29(38(46)49-11)24-25-36(33)45(35)40(48)52-42(5,6)7/h12-18,20-26,30,34-35,37H,1,19,27-28H2,2-11H3/t30-,34+,35+,37-/m1/s1. The summed E-state index contributed by atoms with van der Waals surface area (Å²) in [4.78, 5) is 45.2. The normalized spacial score (nSPS) is 20.3. The second-order valence-electron chi connectivity index (χ2n) is 17.1. The molecule has 3 aromatic carbocycles. The van der Waals surface area contributed by atoms with Crippen LogP contribution in [0, 0.1) is 5.92 Å². The number of hydrogen-bond donors (Lipinski definition) is 0. The number of esters is 1. The Kier molecular flexibility index (Phi) is 11.4. The summed E-state index contributed by atoms with van der Waals surface area (Å²) in [6.45, 7) is 22.0. The minimum Gasteiger partial charge on any atom is -0.465 e. The number of carbonyl (C=O) groups excluding carboxylic acids is 3. The number of likely N-dealkylation sites (tertiary alicyclic amines) is 1. The van der Waals surface area contributed by atoms with E-state index in [0.29, 0.717) is 29.7 Å². The Morgan fingerprint density at radius 1 is 0.811 bits per heavy atom. The summed E-state index contributed by atoms with van der Waals surface area (Å²) in [7, 11) is -1.68. The summed E-state index contributed by atoms with van der Waals surface area (Å²) >= 11 is 0. The van der Waals surface area contributed by atoms with Crippen LogP contribution in [0.4, 0.5) is 15.3 Å². The number of nitrogens with zero attached hydrogens (tertiary/aromatic N) is 2. The van der Waals surface area contributed by atoms with Crippen molar-refractivity contribution in [3.63, 3.8) is 0 Å². The summed E-state index contributed by atoms with van der Waals surface area (Å²) in [6, 6.07) is 24.5. The lowest BCUT2D eigenvalue weighted by atomic mass is 9.79. The number of benzene rings is 3. The van der Waals surface area contributed by atoms with Gasteiger partial charge in [0.25, 0.3) is 8.32 Å². The van der Waals surface area contributed by atoms with Gasteiger partial charge >= 0.3 is 18.2 Å². The Hall–Kier alpha value is -4.41. The fraction of sp³-hybridized carbons (Fsp3) is 0.465. The molecule has 2 amide bonds. The number of anilines is 1. The number of ether oxygens (including phenoxy) is 3. The fourth-order valence-corrected chi connectivity index (χ4v) is 12.7. The van der Waals surface area contributed by atoms with Gasteiger partial charge in [-0.1, -0.05) is 87.5 Å². The van der Waals surface area contributed by atoms with E-state index >= 15 is 0 Å². The first kappa shape index (κ1) is 39.8. The number of carbonyl (C=O) groups is 3. The van der Waals surface area contributed by atoms with E-state index in [1.54, 1.807) is 34.1 Å². The number of rotatable bonds is 8. The van der Waals surface area contributed by atoms with Crippen molar-refractivity contribution in [2.45, 2.75) is 110 Å². The topological polar surface area (TPSA) is 94.6 Å². The first-order valence-electron chi connectivity index (χ1n) is 18.4. The van der Waals surface area contributed by atoms with Gasteiger partial charge in [-0.2, -0.15) is 0 Å². The molecule has 4 atom stereocenters. The van der Waals surface area contributed by atoms with Crippen LogP contribution in [0.2, 0.25) is 5.04 Å². The second kappa shape index (κ2) is 15.1. The minimum absolute atomic E-state index is 0.221. The van der Waals surface area contributed by atoms with Gasteiger partial charge in [0.05, 0.1) is 37.1 Å². The quantitative estimate of drug-likeness (QED) is 0.0991. The fourth-order valence-electron chi connectivity index (χ4n) is 8.07. The smallest absolute Gasteiger partial charge is 0.415 e. The highest BCUT2D eigenvalue weighted by atomic mass is 28.4. The maximum Gasteiger partial charge on any atom is 0.415 e. The van der Waals surface area contributed by atoms with Crippen molar-refractivity contribution in [3.8, 4) is 0 Å². The Labute approximate surface area is 316 Å². The van der Waals surface area contributed by atoms with Crippen molar-refractivity contribution in [1.29, 1.82) is 0 Å². The molecule has 0 aliphatic carbocycles. The van der Waals surface area contributed by atoms with Crippen LogP contribution in [0.5, 0.6) is 0 Å². The molecule has 5 rings (SSSR count). The predicted molar refractivity (Wildman–Crippen MR) is 211 cm³/mol. The molecule has 2 aliphatic heterocycles. The summed E-state index contributed by atoms with van der Waals surface area (Å²) in [5.41, 5.74) is -0.0339. The molecule has 53 heavy (non-hydrogen) atoms. The van der Waals surface area contributed by atoms with Crippen molar-refractivity contribution < 1.29 is 33.0 Å². The summed E-state index contributed by atoms with van der Waals surface area (Å²) in [5, 5.41) is 1.97. The molecule has 1 saturated heterocycles. The first-order valence-corrected chi connectivity index (χ1v) is 20.4. The molecular formula is C43H56N2O7Si. The third-order valence-electron chi connectivity index (χ3n) is 10.0. The lowest BCUT2D eigenvalue weighted by Crippen LogP contribution is -2.67. The molecule has 0 N–H and O–H groups in total. The van der Waals surface area contributed by atoms with E-state index in [4.69, 9.17) is 18.6 Å². The second-order valence-corrected chi connectivity index (χ2v) is 21.4. The lowest BCUT2D eigenvalue weighted by molar-refractivity contribution is 0.00707. The van der Waals surface area contributed by atoms with Crippen LogP contribution >= 0.6 is 0 Å². The van der Waals surface area contributed by atoms with Crippen LogP contribution in [0.25, 0.3) is 0 Å². The molecule has 9 nitrogen and oxygen atoms in total. The lowest BCUT2D eigenvalue weighted by Gasteiger charge is -2.46. The van der Waals surface area contributed by atoms with Crippen molar-refractivity contribution in [3.05, 3.63) is 103 Å². The highest BCUT2D eigenvalue weighted by Gasteiger charge is 2.57. The predicted octanol–water partition coefficient (Wildman–Crippen LogP) is 8.42. The molecule has 0 radical (unpaired) electrons. The van der Waals surface area contributed by atoms with Crippen molar-refractivity contribution in [2.24, 2.45) is 5.92 Å². The molecule has 0 bridgehead atoms. The zero-order valence-corrected chi connectivity index (χ0v) is 34.0. The molecule has 2 heterocycles. The van der Waals surface area contributed by atoms with Crippen LogP contribution in [-0.2, 0) is 18.6 Å². The molecule has 1 fully saturated rings. The van der Waals surface area contributed by atoms with E-state index in [9.17, 15) is 14.4 Å². The van der Waals surface area contributed by atoms with Crippen LogP contribution in [0.1, 0.15) is 97.1 Å². The van der Waals surface area contributed by atoms with Crippen LogP contribution in [0.15, 0.2) is 91.5 Å². The number of methoxy groups -OCH3 is 1. The van der Waals surface area contributed by atoms with E-state index < -0.39 is 55.8 Å². The summed E-state index contributed by atoms with van der Waals surface area (Å²) < 4.78 is 24.7. The van der Waals surface area contributed by atoms with Crippen molar-refractivity contribution >= 4 is 42.5 Å². The largest absolute Gasteiger partial charge is 0.465 e. The van der Waals surface area contributed by atoms with E-state index in [1.807, 2.05) is 77.9 Å². The van der Waals surface area contributed by atoms with Gasteiger partial charge in [-0.3, -0.25) is 9.80 Å². The molecule has 0 saturated carbocycles. The zero-order valence-electron chi connectivity index (χ0n) is 33.0. The molecule has 284 valence electrons.